The number of hydrogen-bond acceptors (Lipinski definition) is 4. The van der Waals surface area contributed by atoms with E-state index in [9.17, 15) is 4.79 Å². The van der Waals surface area contributed by atoms with Gasteiger partial charge < -0.3 is 20.4 Å². The van der Waals surface area contributed by atoms with Crippen molar-refractivity contribution in [3.05, 3.63) is 54.1 Å². The summed E-state index contributed by atoms with van der Waals surface area (Å²) in [5.74, 6) is 0.398. The van der Waals surface area contributed by atoms with Crippen molar-refractivity contribution in [3.8, 4) is 16.9 Å². The number of carboxylic acid groups (broad SMARTS) is 1. The summed E-state index contributed by atoms with van der Waals surface area (Å²) < 4.78 is 5.69. The molecule has 0 saturated heterocycles. The summed E-state index contributed by atoms with van der Waals surface area (Å²) in [4.78, 5) is 15.1. The van der Waals surface area contributed by atoms with Crippen molar-refractivity contribution in [1.82, 2.24) is 0 Å². The summed E-state index contributed by atoms with van der Waals surface area (Å²) in [7, 11) is 1.46. The predicted octanol–water partition coefficient (Wildman–Crippen LogP) is 3.64. The number of nitrogens with two attached hydrogens (primary N) is 1. The van der Waals surface area contributed by atoms with Crippen LogP contribution in [0.1, 0.15) is 31.2 Å². The molecule has 6 nitrogen and oxygen atoms in total. The van der Waals surface area contributed by atoms with Gasteiger partial charge in [-0.1, -0.05) is 41.6 Å². The van der Waals surface area contributed by atoms with E-state index >= 15 is 0 Å². The summed E-state index contributed by atoms with van der Waals surface area (Å²) >= 11 is 0. The van der Waals surface area contributed by atoms with Crippen molar-refractivity contribution in [3.63, 3.8) is 0 Å². The van der Waals surface area contributed by atoms with Gasteiger partial charge in [-0.15, -0.1) is 0 Å². The van der Waals surface area contributed by atoms with Gasteiger partial charge in [0.2, 0.25) is 0 Å². The van der Waals surface area contributed by atoms with Gasteiger partial charge >= 0.3 is 5.97 Å². The molecule has 138 valence electrons. The minimum absolute atomic E-state index is 0.219. The third kappa shape index (κ3) is 6.12. The molecular weight excluding hydrogens is 332 g/mol. The molecule has 0 bridgehead atoms. The number of ether oxygens (including phenoxy) is 1. The summed E-state index contributed by atoms with van der Waals surface area (Å²) in [5.41, 5.74) is 8.73. The molecule has 3 N–H and O–H groups in total. The first-order valence-corrected chi connectivity index (χ1v) is 8.52. The fourth-order valence-electron chi connectivity index (χ4n) is 2.47. The second-order valence-corrected chi connectivity index (χ2v) is 5.81. The van der Waals surface area contributed by atoms with Gasteiger partial charge in [-0.05, 0) is 42.5 Å². The van der Waals surface area contributed by atoms with Crippen LogP contribution in [0.3, 0.4) is 0 Å². The van der Waals surface area contributed by atoms with Crippen molar-refractivity contribution in [2.24, 2.45) is 10.9 Å². The van der Waals surface area contributed by atoms with Crippen LogP contribution in [0.25, 0.3) is 11.1 Å². The highest BCUT2D eigenvalue weighted by molar-refractivity contribution is 5.97. The van der Waals surface area contributed by atoms with Gasteiger partial charge in [0.1, 0.15) is 12.9 Å². The zero-order valence-corrected chi connectivity index (χ0v) is 14.9. The molecule has 2 aromatic rings. The largest absolute Gasteiger partial charge is 0.494 e. The summed E-state index contributed by atoms with van der Waals surface area (Å²) in [5, 5.41) is 12.3. The van der Waals surface area contributed by atoms with Crippen LogP contribution in [0.4, 0.5) is 0 Å². The summed E-state index contributed by atoms with van der Waals surface area (Å²) in [6, 6.07) is 15.6. The number of carboxylic acids is 1. The average Bonchev–Trinajstić information content (AvgIpc) is 2.65. The minimum Gasteiger partial charge on any atom is -0.494 e. The van der Waals surface area contributed by atoms with Crippen LogP contribution in [-0.2, 0) is 9.63 Å². The maximum absolute atomic E-state index is 10.4. The Labute approximate surface area is 153 Å². The van der Waals surface area contributed by atoms with Crippen LogP contribution < -0.4 is 10.5 Å². The molecule has 6 heteroatoms. The second kappa shape index (κ2) is 10.1. The monoisotopic (exact) mass is 356 g/mol. The summed E-state index contributed by atoms with van der Waals surface area (Å²) in [6.45, 7) is 0.589. The number of rotatable bonds is 10. The molecule has 26 heavy (non-hydrogen) atoms. The normalized spacial score (nSPS) is 11.2. The molecule has 0 atom stereocenters. The zero-order valence-electron chi connectivity index (χ0n) is 14.9. The lowest BCUT2D eigenvalue weighted by Gasteiger charge is -2.08. The average molecular weight is 356 g/mol. The first kappa shape index (κ1) is 19.3. The van der Waals surface area contributed by atoms with Crippen molar-refractivity contribution in [2.75, 3.05) is 13.7 Å². The van der Waals surface area contributed by atoms with Crippen molar-refractivity contribution in [2.45, 2.75) is 25.7 Å². The Balaban J connectivity index is 1.85. The fourth-order valence-corrected chi connectivity index (χ4v) is 2.47. The maximum Gasteiger partial charge on any atom is 0.303 e. The van der Waals surface area contributed by atoms with Crippen LogP contribution in [0.15, 0.2) is 53.7 Å². The maximum atomic E-state index is 10.4. The standard InChI is InChI=1S/C20H24N2O4/c1-25-22-20(21)17-8-6-15(7-9-17)16-10-12-18(13-11-16)26-14-4-2-3-5-19(23)24/h6-13H,2-5,14H2,1H3,(H2,21,22)(H,23,24). The topological polar surface area (TPSA) is 94.1 Å². The molecule has 0 radical (unpaired) electrons. The van der Waals surface area contributed by atoms with E-state index < -0.39 is 5.97 Å². The van der Waals surface area contributed by atoms with E-state index in [0.29, 0.717) is 18.9 Å². The molecule has 0 heterocycles. The molecule has 0 aliphatic heterocycles. The molecule has 2 aromatic carbocycles. The molecular formula is C20H24N2O4. The Kier molecular flexibility index (Phi) is 7.49. The van der Waals surface area contributed by atoms with Gasteiger partial charge in [0, 0.05) is 12.0 Å². The Morgan fingerprint density at radius 2 is 1.62 bits per heavy atom. The lowest BCUT2D eigenvalue weighted by molar-refractivity contribution is -0.137. The van der Waals surface area contributed by atoms with Gasteiger partial charge in [0.15, 0.2) is 5.84 Å². The van der Waals surface area contributed by atoms with E-state index in [1.807, 2.05) is 48.5 Å². The lowest BCUT2D eigenvalue weighted by atomic mass is 10.0. The molecule has 0 fully saturated rings. The minimum atomic E-state index is -0.747. The molecule has 0 saturated carbocycles. The SMILES string of the molecule is CO/N=C(\N)c1ccc(-c2ccc(OCCCCCC(=O)O)cc2)cc1. The Hall–Kier alpha value is -3.02. The van der Waals surface area contributed by atoms with Crippen molar-refractivity contribution >= 4 is 11.8 Å². The number of oxime groups is 1. The highest BCUT2D eigenvalue weighted by Crippen LogP contribution is 2.23. The van der Waals surface area contributed by atoms with Gasteiger partial charge in [-0.2, -0.15) is 0 Å². The number of carbonyl (C=O) groups is 1. The fraction of sp³-hybridized carbons (Fsp3) is 0.300. The predicted molar refractivity (Wildman–Crippen MR) is 101 cm³/mol. The molecule has 0 unspecified atom stereocenters. The Morgan fingerprint density at radius 3 is 2.19 bits per heavy atom. The second-order valence-electron chi connectivity index (χ2n) is 5.81. The van der Waals surface area contributed by atoms with Gasteiger partial charge in [0.25, 0.3) is 0 Å². The number of unbranched alkanes of at least 4 members (excludes halogenated alkanes) is 2. The molecule has 2 rings (SSSR count). The number of benzene rings is 2. The number of hydrogen-bond donors (Lipinski definition) is 2. The van der Waals surface area contributed by atoms with Crippen molar-refractivity contribution < 1.29 is 19.5 Å². The van der Waals surface area contributed by atoms with Crippen LogP contribution in [0.2, 0.25) is 0 Å². The van der Waals surface area contributed by atoms with Crippen LogP contribution in [-0.4, -0.2) is 30.6 Å². The number of nitrogens with zero attached hydrogens (tertiary/aromatic N) is 1. The van der Waals surface area contributed by atoms with Gasteiger partial charge in [-0.25, -0.2) is 0 Å². The van der Waals surface area contributed by atoms with Crippen LogP contribution in [0, 0.1) is 0 Å². The third-order valence-corrected chi connectivity index (χ3v) is 3.86. The third-order valence-electron chi connectivity index (χ3n) is 3.86. The summed E-state index contributed by atoms with van der Waals surface area (Å²) in [6.07, 6.45) is 2.61. The molecule has 0 amide bonds. The number of aliphatic carboxylic acids is 1. The van der Waals surface area contributed by atoms with E-state index in [0.717, 1.165) is 35.3 Å². The first-order valence-electron chi connectivity index (χ1n) is 8.52. The van der Waals surface area contributed by atoms with Gasteiger partial charge in [0.05, 0.1) is 6.61 Å². The zero-order chi connectivity index (χ0) is 18.8. The number of amidine groups is 1. The first-order chi connectivity index (χ1) is 12.6. The van der Waals surface area contributed by atoms with E-state index in [1.54, 1.807) is 0 Å². The Bertz CT molecular complexity index is 724. The van der Waals surface area contributed by atoms with Crippen LogP contribution >= 0.6 is 0 Å². The van der Waals surface area contributed by atoms with E-state index in [4.69, 9.17) is 15.6 Å². The highest BCUT2D eigenvalue weighted by atomic mass is 16.6. The van der Waals surface area contributed by atoms with Gasteiger partial charge in [-0.3, -0.25) is 4.79 Å². The smallest absolute Gasteiger partial charge is 0.303 e. The molecule has 0 aliphatic rings. The van der Waals surface area contributed by atoms with E-state index in [-0.39, 0.29) is 6.42 Å². The highest BCUT2D eigenvalue weighted by Gasteiger charge is 2.03. The molecule has 0 aromatic heterocycles. The van der Waals surface area contributed by atoms with Crippen LogP contribution in [0.5, 0.6) is 5.75 Å². The lowest BCUT2D eigenvalue weighted by Crippen LogP contribution is -2.13. The van der Waals surface area contributed by atoms with E-state index in [2.05, 4.69) is 9.99 Å². The quantitative estimate of drug-likeness (QED) is 0.293. The van der Waals surface area contributed by atoms with E-state index in [1.165, 1.54) is 7.11 Å². The Morgan fingerprint density at radius 1 is 1.00 bits per heavy atom. The van der Waals surface area contributed by atoms with Crippen molar-refractivity contribution in [1.29, 1.82) is 0 Å². The molecule has 0 aliphatic carbocycles. The molecule has 0 spiro atoms.